The normalized spacial score (nSPS) is 24.7. The number of benzene rings is 3. The molecule has 0 aliphatic carbocycles. The molecule has 0 unspecified atom stereocenters. The highest BCUT2D eigenvalue weighted by Gasteiger charge is 2.45. The third-order valence-corrected chi connectivity index (χ3v) is 7.57. The topological polar surface area (TPSA) is 29.5 Å². The van der Waals surface area contributed by atoms with Crippen molar-refractivity contribution in [3.8, 4) is 5.75 Å². The van der Waals surface area contributed by atoms with Gasteiger partial charge in [-0.3, -0.25) is 4.79 Å². The summed E-state index contributed by atoms with van der Waals surface area (Å²) in [6.07, 6.45) is 4.01. The fourth-order valence-corrected chi connectivity index (χ4v) is 5.35. The maximum atomic E-state index is 13.4. The van der Waals surface area contributed by atoms with Gasteiger partial charge in [0.25, 0.3) is 5.91 Å². The molecule has 3 aromatic rings. The largest absolute Gasteiger partial charge is 0.489 e. The first-order valence-corrected chi connectivity index (χ1v) is 11.9. The highest BCUT2D eigenvalue weighted by atomic mass is 16.5. The van der Waals surface area contributed by atoms with Crippen molar-refractivity contribution in [3.05, 3.63) is 108 Å². The minimum absolute atomic E-state index is 0.00828. The van der Waals surface area contributed by atoms with Gasteiger partial charge in [-0.25, -0.2) is 0 Å². The average molecular weight is 438 g/mol. The van der Waals surface area contributed by atoms with Crippen LogP contribution in [0.5, 0.6) is 5.75 Å². The molecular weight excluding hydrogens is 406 g/mol. The minimum atomic E-state index is -0.00828. The van der Waals surface area contributed by atoms with E-state index in [9.17, 15) is 4.79 Å². The highest BCUT2D eigenvalue weighted by molar-refractivity contribution is 6.20. The number of amides is 1. The molecule has 0 N–H and O–H groups in total. The Morgan fingerprint density at radius 1 is 0.970 bits per heavy atom. The van der Waals surface area contributed by atoms with Crippen LogP contribution < -0.4 is 4.74 Å². The lowest BCUT2D eigenvalue weighted by atomic mass is 9.65. The second kappa shape index (κ2) is 8.90. The van der Waals surface area contributed by atoms with E-state index in [0.717, 1.165) is 41.8 Å². The van der Waals surface area contributed by atoms with Crippen molar-refractivity contribution in [2.24, 2.45) is 5.92 Å². The molecule has 0 saturated carbocycles. The zero-order chi connectivity index (χ0) is 22.8. The minimum Gasteiger partial charge on any atom is -0.489 e. The molecule has 5 rings (SSSR count). The molecular formula is C30H31NO2. The van der Waals surface area contributed by atoms with Gasteiger partial charge in [-0.05, 0) is 53.0 Å². The Balaban J connectivity index is 1.35. The van der Waals surface area contributed by atoms with Gasteiger partial charge in [-0.1, -0.05) is 92.7 Å². The van der Waals surface area contributed by atoms with Gasteiger partial charge < -0.3 is 9.64 Å². The first-order valence-electron chi connectivity index (χ1n) is 11.9. The van der Waals surface area contributed by atoms with Crippen LogP contribution in [-0.4, -0.2) is 23.4 Å². The van der Waals surface area contributed by atoms with Crippen molar-refractivity contribution in [1.29, 1.82) is 0 Å². The van der Waals surface area contributed by atoms with E-state index < -0.39 is 0 Å². The van der Waals surface area contributed by atoms with E-state index in [1.807, 2.05) is 54.6 Å². The van der Waals surface area contributed by atoms with Crippen LogP contribution in [0.1, 0.15) is 43.4 Å². The van der Waals surface area contributed by atoms with Gasteiger partial charge in [-0.2, -0.15) is 0 Å². The van der Waals surface area contributed by atoms with E-state index in [4.69, 9.17) is 4.74 Å². The number of nitrogens with zero attached hydrogens (tertiary/aromatic N) is 1. The predicted octanol–water partition coefficient (Wildman–Crippen LogP) is 6.25. The second-order valence-corrected chi connectivity index (χ2v) is 9.66. The van der Waals surface area contributed by atoms with E-state index in [2.05, 4.69) is 55.2 Å². The van der Waals surface area contributed by atoms with Crippen LogP contribution in [0, 0.1) is 5.92 Å². The van der Waals surface area contributed by atoms with E-state index >= 15 is 0 Å². The number of hydrogen-bond donors (Lipinski definition) is 0. The van der Waals surface area contributed by atoms with Gasteiger partial charge in [0.2, 0.25) is 0 Å². The molecule has 2 aliphatic heterocycles. The van der Waals surface area contributed by atoms with Crippen molar-refractivity contribution in [3.63, 3.8) is 0 Å². The SMILES string of the molecule is C[C@H]1CN2C(=O)C(c3ccccc3)=CC[C@H]2C[C@@]1(C)c1cccc(OCc2ccccc2)c1. The number of carbonyl (C=O) groups is 1. The molecule has 1 saturated heterocycles. The van der Waals surface area contributed by atoms with Crippen molar-refractivity contribution < 1.29 is 9.53 Å². The van der Waals surface area contributed by atoms with Gasteiger partial charge in [0.05, 0.1) is 0 Å². The summed E-state index contributed by atoms with van der Waals surface area (Å²) in [4.78, 5) is 15.5. The number of rotatable bonds is 5. The summed E-state index contributed by atoms with van der Waals surface area (Å²) in [7, 11) is 0. The number of hydrogen-bond acceptors (Lipinski definition) is 2. The van der Waals surface area contributed by atoms with Crippen LogP contribution in [0.4, 0.5) is 0 Å². The van der Waals surface area contributed by atoms with Crippen LogP contribution in [0.3, 0.4) is 0 Å². The van der Waals surface area contributed by atoms with Crippen LogP contribution in [-0.2, 0) is 16.8 Å². The third-order valence-electron chi connectivity index (χ3n) is 7.57. The summed E-state index contributed by atoms with van der Waals surface area (Å²) in [5.41, 5.74) is 4.32. The smallest absolute Gasteiger partial charge is 0.254 e. The molecule has 1 amide bonds. The molecule has 3 nitrogen and oxygen atoms in total. The van der Waals surface area contributed by atoms with Gasteiger partial charge in [-0.15, -0.1) is 0 Å². The van der Waals surface area contributed by atoms with E-state index in [1.165, 1.54) is 5.56 Å². The maximum Gasteiger partial charge on any atom is 0.254 e. The summed E-state index contributed by atoms with van der Waals surface area (Å²) in [5, 5.41) is 0. The molecule has 2 heterocycles. The van der Waals surface area contributed by atoms with Gasteiger partial charge in [0.1, 0.15) is 12.4 Å². The van der Waals surface area contributed by atoms with E-state index in [1.54, 1.807) is 0 Å². The van der Waals surface area contributed by atoms with Crippen LogP contribution in [0.2, 0.25) is 0 Å². The van der Waals surface area contributed by atoms with Crippen LogP contribution in [0.25, 0.3) is 5.57 Å². The summed E-state index contributed by atoms with van der Waals surface area (Å²) in [6.45, 7) is 5.97. The van der Waals surface area contributed by atoms with Gasteiger partial charge in [0.15, 0.2) is 0 Å². The molecule has 3 atom stereocenters. The zero-order valence-corrected chi connectivity index (χ0v) is 19.4. The van der Waals surface area contributed by atoms with Crippen molar-refractivity contribution in [2.45, 2.75) is 44.8 Å². The first-order chi connectivity index (χ1) is 16.0. The molecule has 0 radical (unpaired) electrons. The molecule has 0 bridgehead atoms. The lowest BCUT2D eigenvalue weighted by Gasteiger charge is -2.51. The summed E-state index contributed by atoms with van der Waals surface area (Å²) < 4.78 is 6.12. The Morgan fingerprint density at radius 3 is 2.45 bits per heavy atom. The predicted molar refractivity (Wildman–Crippen MR) is 133 cm³/mol. The summed E-state index contributed by atoms with van der Waals surface area (Å²) in [6, 6.07) is 29.1. The van der Waals surface area contributed by atoms with Crippen molar-refractivity contribution in [1.82, 2.24) is 4.90 Å². The molecule has 1 fully saturated rings. The van der Waals surface area contributed by atoms with Crippen molar-refractivity contribution in [2.75, 3.05) is 6.54 Å². The van der Waals surface area contributed by atoms with E-state index in [0.29, 0.717) is 12.5 Å². The molecule has 33 heavy (non-hydrogen) atoms. The zero-order valence-electron chi connectivity index (χ0n) is 19.4. The monoisotopic (exact) mass is 437 g/mol. The molecule has 0 spiro atoms. The third kappa shape index (κ3) is 4.20. The van der Waals surface area contributed by atoms with Gasteiger partial charge in [0, 0.05) is 18.2 Å². The molecule has 3 heteroatoms. The molecule has 0 aromatic heterocycles. The number of piperidine rings is 1. The average Bonchev–Trinajstić information content (AvgIpc) is 2.86. The maximum absolute atomic E-state index is 13.4. The fraction of sp³-hybridized carbons (Fsp3) is 0.300. The summed E-state index contributed by atoms with van der Waals surface area (Å²) >= 11 is 0. The van der Waals surface area contributed by atoms with Crippen molar-refractivity contribution >= 4 is 11.5 Å². The highest BCUT2D eigenvalue weighted by Crippen LogP contribution is 2.45. The van der Waals surface area contributed by atoms with E-state index in [-0.39, 0.29) is 17.4 Å². The Bertz CT molecular complexity index is 1150. The Morgan fingerprint density at radius 2 is 1.70 bits per heavy atom. The Hall–Kier alpha value is -3.33. The molecule has 168 valence electrons. The standard InChI is InChI=1S/C30H31NO2/c1-22-20-31-26(16-17-28(29(31)32)24-12-7-4-8-13-24)19-30(22,2)25-14-9-15-27(18-25)33-21-23-10-5-3-6-11-23/h3-15,17-18,22,26H,16,19-21H2,1-2H3/t22-,26-,30+/m0/s1. The quantitative estimate of drug-likeness (QED) is 0.472. The van der Waals surface area contributed by atoms with Crippen LogP contribution in [0.15, 0.2) is 91.0 Å². The molecule has 3 aromatic carbocycles. The Kier molecular flexibility index (Phi) is 5.80. The fourth-order valence-electron chi connectivity index (χ4n) is 5.35. The van der Waals surface area contributed by atoms with Crippen LogP contribution >= 0.6 is 0 Å². The number of ether oxygens (including phenoxy) is 1. The number of fused-ring (bicyclic) bond motifs is 1. The Labute approximate surface area is 196 Å². The summed E-state index contributed by atoms with van der Waals surface area (Å²) in [5.74, 6) is 1.42. The lowest BCUT2D eigenvalue weighted by Crippen LogP contribution is -2.56. The first kappa shape index (κ1) is 21.5. The second-order valence-electron chi connectivity index (χ2n) is 9.66. The number of carbonyl (C=O) groups excluding carboxylic acids is 1. The molecule has 2 aliphatic rings. The van der Waals surface area contributed by atoms with Gasteiger partial charge >= 0.3 is 0 Å². The lowest BCUT2D eigenvalue weighted by molar-refractivity contribution is -0.131.